The highest BCUT2D eigenvalue weighted by Crippen LogP contribution is 2.17. The van der Waals surface area contributed by atoms with Crippen molar-refractivity contribution in [2.24, 2.45) is 0 Å². The number of carbonyl (C=O) groups is 1. The van der Waals surface area contributed by atoms with Crippen molar-refractivity contribution in [1.82, 2.24) is 5.32 Å². The molecule has 0 aliphatic rings. The van der Waals surface area contributed by atoms with Crippen molar-refractivity contribution in [3.8, 4) is 0 Å². The maximum atomic E-state index is 12.5. The highest BCUT2D eigenvalue weighted by Gasteiger charge is 2.26. The minimum absolute atomic E-state index is 0.153. The van der Waals surface area contributed by atoms with Crippen LogP contribution in [0.25, 0.3) is 0 Å². The van der Waals surface area contributed by atoms with E-state index in [0.29, 0.717) is 12.8 Å². The monoisotopic (exact) mass is 846 g/mol. The van der Waals surface area contributed by atoms with E-state index in [2.05, 4.69) is 43.5 Å². The van der Waals surface area contributed by atoms with Gasteiger partial charge in [-0.2, -0.15) is 0 Å². The van der Waals surface area contributed by atoms with Gasteiger partial charge < -0.3 is 20.6 Å². The Morgan fingerprint density at radius 1 is 0.400 bits per heavy atom. The van der Waals surface area contributed by atoms with Crippen LogP contribution in [0.5, 0.6) is 0 Å². The van der Waals surface area contributed by atoms with E-state index >= 15 is 0 Å². The first-order valence-electron chi connectivity index (χ1n) is 27.1. The van der Waals surface area contributed by atoms with Crippen molar-refractivity contribution in [1.29, 1.82) is 0 Å². The molecule has 0 radical (unpaired) electrons. The van der Waals surface area contributed by atoms with Gasteiger partial charge in [-0.05, 0) is 51.4 Å². The molecule has 0 fully saturated rings. The number of hydrogen-bond acceptors (Lipinski definition) is 4. The van der Waals surface area contributed by atoms with Crippen molar-refractivity contribution in [2.75, 3.05) is 6.61 Å². The molecule has 1 amide bonds. The second-order valence-electron chi connectivity index (χ2n) is 18.8. The fourth-order valence-corrected chi connectivity index (χ4v) is 8.59. The molecule has 0 aromatic rings. The summed E-state index contributed by atoms with van der Waals surface area (Å²) >= 11 is 0. The number of amides is 1. The van der Waals surface area contributed by atoms with Crippen LogP contribution in [-0.2, 0) is 4.79 Å². The number of hydrogen-bond donors (Lipinski definition) is 4. The van der Waals surface area contributed by atoms with E-state index in [1.54, 1.807) is 0 Å². The number of aliphatic hydroxyl groups excluding tert-OH is 3. The number of allylic oxidation sites excluding steroid dienone is 4. The summed E-state index contributed by atoms with van der Waals surface area (Å²) in [5.74, 6) is -0.153. The summed E-state index contributed by atoms with van der Waals surface area (Å²) in [5.41, 5.74) is 0. The van der Waals surface area contributed by atoms with E-state index in [4.69, 9.17) is 0 Å². The van der Waals surface area contributed by atoms with Gasteiger partial charge >= 0.3 is 0 Å². The summed E-state index contributed by atoms with van der Waals surface area (Å²) in [7, 11) is 0. The predicted octanol–water partition coefficient (Wildman–Crippen LogP) is 16.5. The molecule has 4 N–H and O–H groups in total. The molecule has 0 spiro atoms. The van der Waals surface area contributed by atoms with Crippen LogP contribution in [0.15, 0.2) is 24.3 Å². The second kappa shape index (κ2) is 50.5. The molecule has 0 aromatic carbocycles. The minimum Gasteiger partial charge on any atom is -0.394 e. The molecular formula is C55H107NO4. The normalized spacial score (nSPS) is 13.5. The maximum Gasteiger partial charge on any atom is 0.220 e. The highest BCUT2D eigenvalue weighted by molar-refractivity contribution is 5.76. The van der Waals surface area contributed by atoms with E-state index in [1.165, 1.54) is 225 Å². The molecule has 0 bridgehead atoms. The molecule has 356 valence electrons. The third-order valence-corrected chi connectivity index (χ3v) is 12.8. The van der Waals surface area contributed by atoms with Crippen LogP contribution in [0.2, 0.25) is 0 Å². The Bertz CT molecular complexity index is 890. The number of unbranched alkanes of at least 4 members (excludes halogenated alkanes) is 38. The Balaban J connectivity index is 3.53. The summed E-state index contributed by atoms with van der Waals surface area (Å²) < 4.78 is 0. The van der Waals surface area contributed by atoms with Gasteiger partial charge in [0.15, 0.2) is 0 Å². The largest absolute Gasteiger partial charge is 0.394 e. The van der Waals surface area contributed by atoms with Crippen LogP contribution in [0.4, 0.5) is 0 Å². The minimum atomic E-state index is -1.16. The lowest BCUT2D eigenvalue weighted by atomic mass is 10.0. The zero-order chi connectivity index (χ0) is 43.7. The molecule has 0 saturated carbocycles. The van der Waals surface area contributed by atoms with Gasteiger partial charge in [0.2, 0.25) is 5.91 Å². The van der Waals surface area contributed by atoms with Gasteiger partial charge in [0.25, 0.3) is 0 Å². The fourth-order valence-electron chi connectivity index (χ4n) is 8.59. The lowest BCUT2D eigenvalue weighted by Crippen LogP contribution is -2.50. The average Bonchev–Trinajstić information content (AvgIpc) is 3.25. The lowest BCUT2D eigenvalue weighted by molar-refractivity contribution is -0.124. The molecular weight excluding hydrogens is 739 g/mol. The van der Waals surface area contributed by atoms with Gasteiger partial charge in [-0.1, -0.05) is 263 Å². The molecule has 0 aliphatic heterocycles. The summed E-state index contributed by atoms with van der Waals surface area (Å²) in [6.45, 7) is 4.19. The molecule has 3 unspecified atom stereocenters. The lowest BCUT2D eigenvalue weighted by Gasteiger charge is -2.26. The van der Waals surface area contributed by atoms with Gasteiger partial charge in [0.05, 0.1) is 18.8 Å². The number of nitrogens with one attached hydrogen (secondary N) is 1. The number of rotatable bonds is 50. The molecule has 5 nitrogen and oxygen atoms in total. The summed E-state index contributed by atoms with van der Waals surface area (Å²) in [6, 6.07) is -0.829. The molecule has 60 heavy (non-hydrogen) atoms. The smallest absolute Gasteiger partial charge is 0.220 e. The van der Waals surface area contributed by atoms with Gasteiger partial charge in [-0.25, -0.2) is 0 Å². The molecule has 5 heteroatoms. The second-order valence-corrected chi connectivity index (χ2v) is 18.8. The van der Waals surface area contributed by atoms with E-state index in [1.807, 2.05) is 0 Å². The maximum absolute atomic E-state index is 12.5. The van der Waals surface area contributed by atoms with Crippen LogP contribution in [0.1, 0.15) is 296 Å². The molecule has 0 aliphatic carbocycles. The quantitative estimate of drug-likeness (QED) is 0.0363. The van der Waals surface area contributed by atoms with Gasteiger partial charge in [0, 0.05) is 6.42 Å². The topological polar surface area (TPSA) is 89.8 Å². The number of aliphatic hydroxyl groups is 3. The zero-order valence-corrected chi connectivity index (χ0v) is 40.6. The Kier molecular flexibility index (Phi) is 49.5. The highest BCUT2D eigenvalue weighted by atomic mass is 16.3. The third kappa shape index (κ3) is 44.9. The van der Waals surface area contributed by atoms with Crippen molar-refractivity contribution >= 4 is 5.91 Å². The molecule has 0 heterocycles. The first kappa shape index (κ1) is 58.8. The van der Waals surface area contributed by atoms with Gasteiger partial charge in [-0.3, -0.25) is 4.79 Å². The van der Waals surface area contributed by atoms with Crippen molar-refractivity contribution in [3.63, 3.8) is 0 Å². The predicted molar refractivity (Wildman–Crippen MR) is 264 cm³/mol. The molecule has 0 aromatic heterocycles. The van der Waals surface area contributed by atoms with E-state index in [-0.39, 0.29) is 12.5 Å². The van der Waals surface area contributed by atoms with Crippen LogP contribution in [0, 0.1) is 0 Å². The SMILES string of the molecule is CCCCCCCCCC/C=C/CC/C=C/CCCC(O)C(O)C(CO)NC(=O)CCCCCCCCCCCCCCCCCCCCCCCCCCCCCCC. The standard InChI is InChI=1S/C55H107NO4/c1-3-5-7-9-11-13-15-17-19-21-22-23-24-25-26-27-28-29-30-31-32-34-36-38-40-42-44-46-48-50-54(59)56-52(51-57)55(60)53(58)49-47-45-43-41-39-37-35-33-20-18-16-14-12-10-8-6-4-2/h33,35,41,43,52-53,55,57-58,60H,3-32,34,36-40,42,44-51H2,1-2H3,(H,56,59)/b35-33+,43-41+. The van der Waals surface area contributed by atoms with Crippen molar-refractivity contribution < 1.29 is 20.1 Å². The Hall–Kier alpha value is -1.17. The van der Waals surface area contributed by atoms with Crippen LogP contribution in [-0.4, -0.2) is 46.1 Å². The first-order chi connectivity index (χ1) is 29.6. The van der Waals surface area contributed by atoms with E-state index in [0.717, 1.165) is 44.9 Å². The van der Waals surface area contributed by atoms with E-state index < -0.39 is 18.2 Å². The molecule has 3 atom stereocenters. The first-order valence-corrected chi connectivity index (χ1v) is 27.1. The zero-order valence-electron chi connectivity index (χ0n) is 40.6. The van der Waals surface area contributed by atoms with Crippen molar-refractivity contribution in [2.45, 2.75) is 315 Å². The summed E-state index contributed by atoms with van der Waals surface area (Å²) in [4.78, 5) is 12.5. The van der Waals surface area contributed by atoms with Crippen molar-refractivity contribution in [3.05, 3.63) is 24.3 Å². The molecule has 0 rings (SSSR count). The van der Waals surface area contributed by atoms with Gasteiger partial charge in [0.1, 0.15) is 6.10 Å². The van der Waals surface area contributed by atoms with Crippen LogP contribution in [0.3, 0.4) is 0 Å². The fraction of sp³-hybridized carbons (Fsp3) is 0.909. The summed E-state index contributed by atoms with van der Waals surface area (Å²) in [5, 5.41) is 33.6. The van der Waals surface area contributed by atoms with Crippen LogP contribution >= 0.6 is 0 Å². The Morgan fingerprint density at radius 3 is 1.02 bits per heavy atom. The Morgan fingerprint density at radius 2 is 0.683 bits per heavy atom. The summed E-state index contributed by atoms with van der Waals surface area (Å²) in [6.07, 6.45) is 63.3. The molecule has 0 saturated heterocycles. The Labute approximate surface area is 375 Å². The van der Waals surface area contributed by atoms with Gasteiger partial charge in [-0.15, -0.1) is 0 Å². The van der Waals surface area contributed by atoms with Crippen LogP contribution < -0.4 is 5.32 Å². The van der Waals surface area contributed by atoms with E-state index in [9.17, 15) is 20.1 Å². The average molecular weight is 846 g/mol. The third-order valence-electron chi connectivity index (χ3n) is 12.8. The number of carbonyl (C=O) groups excluding carboxylic acids is 1.